The van der Waals surface area contributed by atoms with Crippen molar-refractivity contribution >= 4 is 5.97 Å². The van der Waals surface area contributed by atoms with Crippen molar-refractivity contribution in [2.24, 2.45) is 23.2 Å². The number of rotatable bonds is 5. The molecule has 0 bridgehead atoms. The van der Waals surface area contributed by atoms with E-state index >= 15 is 0 Å². The molecule has 3 aliphatic rings. The van der Waals surface area contributed by atoms with Crippen LogP contribution >= 0.6 is 0 Å². The van der Waals surface area contributed by atoms with Crippen molar-refractivity contribution in [3.05, 3.63) is 47.8 Å². The normalized spacial score (nSPS) is 35.5. The summed E-state index contributed by atoms with van der Waals surface area (Å²) in [7, 11) is 0. The highest BCUT2D eigenvalue weighted by atomic mass is 19.1. The van der Waals surface area contributed by atoms with Crippen LogP contribution in [0.4, 0.5) is 4.39 Å². The summed E-state index contributed by atoms with van der Waals surface area (Å²) in [6.07, 6.45) is 6.62. The SMILES string of the molecule is C=C1CCC[C@]2(C)C[C@H]3OC(=O)[C@H](C[NH2+]CCc4ccc(F)cc4)[C@H]3C[C@@H]12. The Morgan fingerprint density at radius 2 is 2.11 bits per heavy atom. The summed E-state index contributed by atoms with van der Waals surface area (Å²) >= 11 is 0. The first-order valence-electron chi connectivity index (χ1n) is 10.4. The Morgan fingerprint density at radius 3 is 2.89 bits per heavy atom. The number of hydrogen-bond donors (Lipinski definition) is 1. The minimum Gasteiger partial charge on any atom is -0.462 e. The first kappa shape index (κ1) is 18.7. The van der Waals surface area contributed by atoms with Gasteiger partial charge in [-0.2, -0.15) is 0 Å². The van der Waals surface area contributed by atoms with E-state index in [1.165, 1.54) is 30.5 Å². The van der Waals surface area contributed by atoms with Crippen LogP contribution in [0.2, 0.25) is 0 Å². The third-order valence-electron chi connectivity index (χ3n) is 7.29. The number of carbonyl (C=O) groups excluding carboxylic acids is 1. The highest BCUT2D eigenvalue weighted by Crippen LogP contribution is 2.56. The molecule has 5 atom stereocenters. The fourth-order valence-corrected chi connectivity index (χ4v) is 5.74. The summed E-state index contributed by atoms with van der Waals surface area (Å²) < 4.78 is 18.8. The number of carbonyl (C=O) groups is 1. The molecule has 4 rings (SSSR count). The van der Waals surface area contributed by atoms with E-state index in [1.807, 2.05) is 12.1 Å². The molecule has 0 radical (unpaired) electrons. The van der Waals surface area contributed by atoms with Crippen molar-refractivity contribution in [1.29, 1.82) is 0 Å². The summed E-state index contributed by atoms with van der Waals surface area (Å²) in [6, 6.07) is 6.67. The summed E-state index contributed by atoms with van der Waals surface area (Å²) in [6.45, 7) is 8.42. The van der Waals surface area contributed by atoms with Gasteiger partial charge >= 0.3 is 5.97 Å². The average molecular weight is 373 g/mol. The van der Waals surface area contributed by atoms with E-state index in [9.17, 15) is 9.18 Å². The van der Waals surface area contributed by atoms with E-state index < -0.39 is 0 Å². The first-order chi connectivity index (χ1) is 13.0. The third-order valence-corrected chi connectivity index (χ3v) is 7.29. The maximum atomic E-state index is 13.0. The summed E-state index contributed by atoms with van der Waals surface area (Å²) in [4.78, 5) is 12.5. The smallest absolute Gasteiger partial charge is 0.315 e. The number of fused-ring (bicyclic) bond motifs is 2. The molecule has 1 aliphatic heterocycles. The minimum atomic E-state index is -0.198. The van der Waals surface area contributed by atoms with Gasteiger partial charge in [0.25, 0.3) is 0 Å². The van der Waals surface area contributed by atoms with Gasteiger partial charge in [0.2, 0.25) is 0 Å². The lowest BCUT2D eigenvalue weighted by molar-refractivity contribution is -0.658. The topological polar surface area (TPSA) is 42.9 Å². The summed E-state index contributed by atoms with van der Waals surface area (Å²) in [5, 5.41) is 2.22. The van der Waals surface area contributed by atoms with Crippen LogP contribution in [0.3, 0.4) is 0 Å². The first-order valence-corrected chi connectivity index (χ1v) is 10.4. The Bertz CT molecular complexity index is 716. The largest absolute Gasteiger partial charge is 0.462 e. The lowest BCUT2D eigenvalue weighted by Crippen LogP contribution is -2.86. The van der Waals surface area contributed by atoms with Crippen LogP contribution in [-0.4, -0.2) is 25.2 Å². The lowest BCUT2D eigenvalue weighted by Gasteiger charge is -2.49. The molecule has 1 aromatic carbocycles. The fourth-order valence-electron chi connectivity index (χ4n) is 5.74. The van der Waals surface area contributed by atoms with Gasteiger partial charge in [0.1, 0.15) is 17.8 Å². The van der Waals surface area contributed by atoms with Crippen molar-refractivity contribution in [3.8, 4) is 0 Å². The molecule has 2 N–H and O–H groups in total. The zero-order valence-corrected chi connectivity index (χ0v) is 16.3. The second-order valence-corrected chi connectivity index (χ2v) is 9.09. The monoisotopic (exact) mass is 372 g/mol. The Balaban J connectivity index is 1.34. The standard InChI is InChI=1S/C23H30FNO2/c1-15-4-3-10-23(2)13-21-18(12-20(15)23)19(22(26)27-21)14-25-11-9-16-5-7-17(24)8-6-16/h5-8,18-21,25H,1,3-4,9-14H2,2H3/p+1/t18-,19-,20+,21-,23-/m1/s1. The van der Waals surface area contributed by atoms with Gasteiger partial charge < -0.3 is 10.1 Å². The zero-order valence-electron chi connectivity index (χ0n) is 16.3. The molecule has 3 fully saturated rings. The molecule has 146 valence electrons. The van der Waals surface area contributed by atoms with Crippen LogP contribution in [0.15, 0.2) is 36.4 Å². The molecular weight excluding hydrogens is 341 g/mol. The highest BCUT2D eigenvalue weighted by Gasteiger charge is 2.55. The number of ether oxygens (including phenoxy) is 1. The van der Waals surface area contributed by atoms with Crippen LogP contribution in [0.1, 0.15) is 44.6 Å². The van der Waals surface area contributed by atoms with Crippen molar-refractivity contribution in [2.45, 2.75) is 51.6 Å². The van der Waals surface area contributed by atoms with Gasteiger partial charge in [-0.05, 0) is 61.1 Å². The summed E-state index contributed by atoms with van der Waals surface area (Å²) in [5.74, 6) is 0.686. The summed E-state index contributed by atoms with van der Waals surface area (Å²) in [5.41, 5.74) is 2.78. The van der Waals surface area contributed by atoms with E-state index in [0.29, 0.717) is 11.8 Å². The van der Waals surface area contributed by atoms with Gasteiger partial charge in [0.15, 0.2) is 0 Å². The van der Waals surface area contributed by atoms with Gasteiger partial charge in [-0.3, -0.25) is 4.79 Å². The molecule has 2 saturated carbocycles. The second-order valence-electron chi connectivity index (χ2n) is 9.09. The second kappa shape index (κ2) is 7.38. The van der Waals surface area contributed by atoms with Gasteiger partial charge in [0.05, 0.1) is 13.1 Å². The quantitative estimate of drug-likeness (QED) is 0.490. The number of benzene rings is 1. The molecule has 0 amide bonds. The predicted octanol–water partition coefficient (Wildman–Crippen LogP) is 3.25. The van der Waals surface area contributed by atoms with Crippen LogP contribution < -0.4 is 5.32 Å². The molecule has 0 unspecified atom stereocenters. The predicted molar refractivity (Wildman–Crippen MR) is 102 cm³/mol. The van der Waals surface area contributed by atoms with E-state index in [2.05, 4.69) is 18.8 Å². The van der Waals surface area contributed by atoms with Gasteiger partial charge in [-0.25, -0.2) is 4.39 Å². The molecule has 2 aliphatic carbocycles. The molecule has 1 saturated heterocycles. The number of allylic oxidation sites excluding steroid dienone is 1. The van der Waals surface area contributed by atoms with E-state index in [1.54, 1.807) is 0 Å². The van der Waals surface area contributed by atoms with Crippen LogP contribution in [0, 0.1) is 29.0 Å². The molecule has 0 aromatic heterocycles. The Labute approximate surface area is 161 Å². The molecule has 1 aromatic rings. The minimum absolute atomic E-state index is 0.00231. The highest BCUT2D eigenvalue weighted by molar-refractivity contribution is 5.75. The number of hydrogen-bond acceptors (Lipinski definition) is 2. The molecule has 3 nitrogen and oxygen atoms in total. The Kier molecular flexibility index (Phi) is 5.11. The van der Waals surface area contributed by atoms with Gasteiger partial charge in [-0.1, -0.05) is 31.2 Å². The average Bonchev–Trinajstić information content (AvgIpc) is 2.92. The third kappa shape index (κ3) is 3.69. The molecule has 4 heteroatoms. The van der Waals surface area contributed by atoms with Crippen LogP contribution in [-0.2, 0) is 16.0 Å². The molecular formula is C23H31FNO2+. The lowest BCUT2D eigenvalue weighted by atomic mass is 9.55. The maximum absolute atomic E-state index is 13.0. The number of esters is 1. The number of halogens is 1. The zero-order chi connectivity index (χ0) is 19.0. The van der Waals surface area contributed by atoms with E-state index in [4.69, 9.17) is 4.74 Å². The number of quaternary nitrogens is 1. The van der Waals surface area contributed by atoms with Gasteiger partial charge in [0, 0.05) is 12.3 Å². The van der Waals surface area contributed by atoms with Gasteiger partial charge in [-0.15, -0.1) is 0 Å². The molecule has 27 heavy (non-hydrogen) atoms. The van der Waals surface area contributed by atoms with Crippen LogP contribution in [0.5, 0.6) is 0 Å². The van der Waals surface area contributed by atoms with Crippen molar-refractivity contribution in [1.82, 2.24) is 0 Å². The number of nitrogens with two attached hydrogens (primary N) is 1. The van der Waals surface area contributed by atoms with Crippen molar-refractivity contribution in [2.75, 3.05) is 13.1 Å². The molecule has 1 heterocycles. The fraction of sp³-hybridized carbons (Fsp3) is 0.609. The Morgan fingerprint density at radius 1 is 1.33 bits per heavy atom. The van der Waals surface area contributed by atoms with E-state index in [0.717, 1.165) is 44.3 Å². The van der Waals surface area contributed by atoms with Crippen LogP contribution in [0.25, 0.3) is 0 Å². The maximum Gasteiger partial charge on any atom is 0.315 e. The van der Waals surface area contributed by atoms with Crippen molar-refractivity contribution < 1.29 is 19.2 Å². The molecule has 0 spiro atoms. The van der Waals surface area contributed by atoms with E-state index in [-0.39, 0.29) is 29.2 Å². The Hall–Kier alpha value is -1.68. The van der Waals surface area contributed by atoms with Crippen molar-refractivity contribution in [3.63, 3.8) is 0 Å².